The number of carbonyl (C=O) groups excluding carboxylic acids is 1. The van der Waals surface area contributed by atoms with Gasteiger partial charge < -0.3 is 14.6 Å². The molecule has 142 valence electrons. The molecule has 0 radical (unpaired) electrons. The number of hydrogen-bond donors (Lipinski definition) is 1. The number of aromatic amines is 1. The van der Waals surface area contributed by atoms with Gasteiger partial charge in [-0.2, -0.15) is 13.2 Å². The first-order chi connectivity index (χ1) is 12.7. The highest BCUT2D eigenvalue weighted by atomic mass is 19.4. The fourth-order valence-electron chi connectivity index (χ4n) is 2.70. The van der Waals surface area contributed by atoms with Crippen molar-refractivity contribution in [2.75, 3.05) is 25.6 Å². The summed E-state index contributed by atoms with van der Waals surface area (Å²) in [4.78, 5) is 20.8. The second-order valence-corrected chi connectivity index (χ2v) is 6.17. The number of H-pyrrole nitrogens is 1. The molecule has 1 N–H and O–H groups in total. The first-order valence-electron chi connectivity index (χ1n) is 8.26. The summed E-state index contributed by atoms with van der Waals surface area (Å²) in [6.07, 6.45) is -4.49. The fraction of sp³-hybridized carbons (Fsp3) is 0.263. The zero-order chi connectivity index (χ0) is 19.8. The average Bonchev–Trinajstić information content (AvgIpc) is 3.05. The van der Waals surface area contributed by atoms with E-state index in [1.807, 2.05) is 0 Å². The van der Waals surface area contributed by atoms with Gasteiger partial charge in [-0.1, -0.05) is 12.1 Å². The Balaban J connectivity index is 2.15. The Bertz CT molecular complexity index is 976. The molecule has 1 aromatic heterocycles. The zero-order valence-electron chi connectivity index (χ0n) is 15.0. The molecule has 0 atom stereocenters. The van der Waals surface area contributed by atoms with E-state index in [-0.39, 0.29) is 12.1 Å². The van der Waals surface area contributed by atoms with Crippen molar-refractivity contribution >= 4 is 23.0 Å². The van der Waals surface area contributed by atoms with Gasteiger partial charge in [0.1, 0.15) is 0 Å². The molecule has 0 saturated heterocycles. The number of imidazole rings is 1. The Morgan fingerprint density at radius 1 is 1.19 bits per heavy atom. The molecule has 3 aromatic rings. The number of anilines is 1. The maximum Gasteiger partial charge on any atom is 0.416 e. The van der Waals surface area contributed by atoms with E-state index in [0.717, 1.165) is 12.1 Å². The highest BCUT2D eigenvalue weighted by Gasteiger charge is 2.32. The Hall–Kier alpha value is -3.03. The predicted molar refractivity (Wildman–Crippen MR) is 96.8 cm³/mol. The number of benzene rings is 2. The number of alkyl halides is 3. The molecule has 1 heterocycles. The number of ether oxygens (including phenoxy) is 1. The molecule has 3 rings (SSSR count). The van der Waals surface area contributed by atoms with Crippen molar-refractivity contribution in [2.45, 2.75) is 13.1 Å². The Kier molecular flexibility index (Phi) is 4.82. The van der Waals surface area contributed by atoms with Crippen molar-refractivity contribution in [1.29, 1.82) is 0 Å². The molecule has 0 aliphatic carbocycles. The predicted octanol–water partition coefficient (Wildman–Crippen LogP) is 4.49. The number of carbonyl (C=O) groups is 1. The van der Waals surface area contributed by atoms with E-state index in [1.54, 1.807) is 38.1 Å². The van der Waals surface area contributed by atoms with Crippen molar-refractivity contribution in [3.05, 3.63) is 47.5 Å². The van der Waals surface area contributed by atoms with Crippen LogP contribution in [0.25, 0.3) is 22.2 Å². The molecule has 0 aliphatic heterocycles. The van der Waals surface area contributed by atoms with Crippen LogP contribution in [0.2, 0.25) is 0 Å². The van der Waals surface area contributed by atoms with Crippen LogP contribution in [0.15, 0.2) is 36.4 Å². The molecule has 0 aliphatic rings. The molecule has 0 spiro atoms. The van der Waals surface area contributed by atoms with Crippen molar-refractivity contribution in [2.24, 2.45) is 0 Å². The van der Waals surface area contributed by atoms with Crippen LogP contribution in [0.5, 0.6) is 0 Å². The molecular weight excluding hydrogens is 359 g/mol. The lowest BCUT2D eigenvalue weighted by atomic mass is 10.00. The molecule has 0 fully saturated rings. The van der Waals surface area contributed by atoms with E-state index in [2.05, 4.69) is 9.97 Å². The minimum atomic E-state index is -4.49. The van der Waals surface area contributed by atoms with Crippen LogP contribution < -0.4 is 4.90 Å². The molecular formula is C19H18F3N3O2. The summed E-state index contributed by atoms with van der Waals surface area (Å²) in [7, 11) is 3.49. The van der Waals surface area contributed by atoms with Gasteiger partial charge in [-0.3, -0.25) is 0 Å². The highest BCUT2D eigenvalue weighted by molar-refractivity contribution is 5.95. The number of nitrogens with one attached hydrogen (secondary N) is 1. The minimum Gasteiger partial charge on any atom is -0.462 e. The first kappa shape index (κ1) is 18.8. The summed E-state index contributed by atoms with van der Waals surface area (Å²) in [6.45, 7) is 1.95. The summed E-state index contributed by atoms with van der Waals surface area (Å²) in [5.41, 5.74) is 1.14. The number of hydrogen-bond acceptors (Lipinski definition) is 4. The number of esters is 1. The van der Waals surface area contributed by atoms with Gasteiger partial charge in [0.2, 0.25) is 5.95 Å². The molecule has 0 unspecified atom stereocenters. The SMILES string of the molecule is CCOC(=O)c1ccc(-c2cc(C(F)(F)F)cc3[nH]c(N(C)C)nc23)cc1. The third-order valence-corrected chi connectivity index (χ3v) is 4.03. The van der Waals surface area contributed by atoms with Crippen LogP contribution >= 0.6 is 0 Å². The minimum absolute atomic E-state index is 0.245. The van der Waals surface area contributed by atoms with Crippen molar-refractivity contribution < 1.29 is 22.7 Å². The van der Waals surface area contributed by atoms with E-state index >= 15 is 0 Å². The number of nitrogens with zero attached hydrogens (tertiary/aromatic N) is 2. The van der Waals surface area contributed by atoms with Crippen LogP contribution in [0.3, 0.4) is 0 Å². The van der Waals surface area contributed by atoms with Crippen molar-refractivity contribution in [3.8, 4) is 11.1 Å². The summed E-state index contributed by atoms with van der Waals surface area (Å²) >= 11 is 0. The first-order valence-corrected chi connectivity index (χ1v) is 8.26. The molecule has 0 saturated carbocycles. The summed E-state index contributed by atoms with van der Waals surface area (Å²) in [5.74, 6) is -0.0263. The molecule has 0 bridgehead atoms. The van der Waals surface area contributed by atoms with Crippen molar-refractivity contribution in [1.82, 2.24) is 9.97 Å². The Morgan fingerprint density at radius 2 is 1.85 bits per heavy atom. The van der Waals surface area contributed by atoms with E-state index in [9.17, 15) is 18.0 Å². The number of fused-ring (bicyclic) bond motifs is 1. The summed E-state index contributed by atoms with van der Waals surface area (Å²) in [6, 6.07) is 8.35. The summed E-state index contributed by atoms with van der Waals surface area (Å²) in [5, 5.41) is 0. The lowest BCUT2D eigenvalue weighted by Gasteiger charge is -2.10. The van der Waals surface area contributed by atoms with Gasteiger partial charge in [0.05, 0.1) is 28.8 Å². The maximum absolute atomic E-state index is 13.3. The monoisotopic (exact) mass is 377 g/mol. The zero-order valence-corrected chi connectivity index (χ0v) is 15.0. The van der Waals surface area contributed by atoms with E-state index < -0.39 is 17.7 Å². The average molecular weight is 377 g/mol. The second-order valence-electron chi connectivity index (χ2n) is 6.17. The second kappa shape index (κ2) is 6.94. The van der Waals surface area contributed by atoms with Crippen LogP contribution in [0.4, 0.5) is 19.1 Å². The van der Waals surface area contributed by atoms with E-state index in [4.69, 9.17) is 4.74 Å². The topological polar surface area (TPSA) is 58.2 Å². The lowest BCUT2D eigenvalue weighted by Crippen LogP contribution is -2.09. The van der Waals surface area contributed by atoms with Crippen LogP contribution in [0.1, 0.15) is 22.8 Å². The van der Waals surface area contributed by atoms with E-state index in [0.29, 0.717) is 28.2 Å². The smallest absolute Gasteiger partial charge is 0.416 e. The van der Waals surface area contributed by atoms with Gasteiger partial charge in [-0.25, -0.2) is 9.78 Å². The molecule has 8 heteroatoms. The van der Waals surface area contributed by atoms with Crippen LogP contribution in [0, 0.1) is 0 Å². The maximum atomic E-state index is 13.3. The van der Waals surface area contributed by atoms with Crippen molar-refractivity contribution in [3.63, 3.8) is 0 Å². The normalized spacial score (nSPS) is 11.6. The van der Waals surface area contributed by atoms with Crippen LogP contribution in [-0.4, -0.2) is 36.6 Å². The largest absolute Gasteiger partial charge is 0.462 e. The van der Waals surface area contributed by atoms with Crippen LogP contribution in [-0.2, 0) is 10.9 Å². The summed E-state index contributed by atoms with van der Waals surface area (Å²) < 4.78 is 44.9. The van der Waals surface area contributed by atoms with Gasteiger partial charge >= 0.3 is 12.1 Å². The molecule has 2 aromatic carbocycles. The lowest BCUT2D eigenvalue weighted by molar-refractivity contribution is -0.137. The fourth-order valence-corrected chi connectivity index (χ4v) is 2.70. The number of halogens is 3. The number of rotatable bonds is 4. The van der Waals surface area contributed by atoms with E-state index in [1.165, 1.54) is 12.1 Å². The van der Waals surface area contributed by atoms with Gasteiger partial charge in [0, 0.05) is 19.7 Å². The molecule has 5 nitrogen and oxygen atoms in total. The number of aromatic nitrogens is 2. The Labute approximate surface area is 153 Å². The quantitative estimate of drug-likeness (QED) is 0.681. The van der Waals surface area contributed by atoms with Gasteiger partial charge in [-0.15, -0.1) is 0 Å². The molecule has 0 amide bonds. The van der Waals surface area contributed by atoms with Gasteiger partial charge in [0.25, 0.3) is 0 Å². The third kappa shape index (κ3) is 3.74. The Morgan fingerprint density at radius 3 is 2.41 bits per heavy atom. The molecule has 27 heavy (non-hydrogen) atoms. The van der Waals surface area contributed by atoms with Gasteiger partial charge in [-0.05, 0) is 36.8 Å². The standard InChI is InChI=1S/C19H18F3N3O2/c1-4-27-17(26)12-7-5-11(6-8-12)14-9-13(19(20,21)22)10-15-16(14)24-18(23-15)25(2)3/h5-10H,4H2,1-3H3,(H,23,24). The third-order valence-electron chi connectivity index (χ3n) is 4.03. The van der Waals surface area contributed by atoms with Gasteiger partial charge in [0.15, 0.2) is 0 Å². The highest BCUT2D eigenvalue weighted by Crippen LogP contribution is 2.37.